The molecule has 0 fully saturated rings. The van der Waals surface area contributed by atoms with E-state index in [9.17, 15) is 0 Å². The maximum Gasteiger partial charge on any atom is 0.113 e. The van der Waals surface area contributed by atoms with Crippen LogP contribution in [0, 0.1) is 6.85 Å². The van der Waals surface area contributed by atoms with E-state index in [0.717, 1.165) is 10.4 Å². The first-order valence-corrected chi connectivity index (χ1v) is 18.3. The molecule has 2 aliphatic rings. The van der Waals surface area contributed by atoms with E-state index < -0.39 is 53.2 Å². The van der Waals surface area contributed by atoms with Crippen LogP contribution in [0.4, 0.5) is 0 Å². The van der Waals surface area contributed by atoms with Gasteiger partial charge in [0, 0.05) is 51.0 Å². The lowest BCUT2D eigenvalue weighted by Gasteiger charge is -2.38. The van der Waals surface area contributed by atoms with Crippen LogP contribution in [0.15, 0.2) is 123 Å². The molecule has 5 aromatic carbocycles. The molecule has 0 amide bonds. The summed E-state index contributed by atoms with van der Waals surface area (Å²) in [5, 5.41) is 1.50. The maximum atomic E-state index is 8.76. The van der Waals surface area contributed by atoms with Crippen molar-refractivity contribution in [1.29, 1.82) is 0 Å². The van der Waals surface area contributed by atoms with E-state index in [0.29, 0.717) is 25.1 Å². The highest BCUT2D eigenvalue weighted by molar-refractivity contribution is 8.00. The van der Waals surface area contributed by atoms with E-state index >= 15 is 0 Å². The van der Waals surface area contributed by atoms with Crippen LogP contribution in [0.25, 0.3) is 11.1 Å². The Morgan fingerprint density at radius 1 is 0.571 bits per heavy atom. The molecular weight excluding hydrogens is 561 g/mol. The molecular formula is C39H38S2Si. The minimum Gasteiger partial charge on any atom is -0.0896 e. The third-order valence-corrected chi connectivity index (χ3v) is 14.7. The van der Waals surface area contributed by atoms with Crippen LogP contribution in [0.3, 0.4) is 0 Å². The molecule has 0 atom stereocenters. The smallest absolute Gasteiger partial charge is 0.0896 e. The second-order valence-corrected chi connectivity index (χ2v) is 17.9. The van der Waals surface area contributed by atoms with Gasteiger partial charge in [-0.2, -0.15) is 0 Å². The van der Waals surface area contributed by atoms with Gasteiger partial charge in [0.1, 0.15) is 8.07 Å². The van der Waals surface area contributed by atoms with Crippen molar-refractivity contribution in [2.24, 2.45) is 0 Å². The van der Waals surface area contributed by atoms with Crippen molar-refractivity contribution in [3.63, 3.8) is 0 Å². The molecule has 0 aromatic heterocycles. The number of hydrogen-bond donors (Lipinski definition) is 0. The Bertz CT molecular complexity index is 2380. The summed E-state index contributed by atoms with van der Waals surface area (Å²) in [5.41, 5.74) is -3.52. The molecule has 3 heteroatoms. The van der Waals surface area contributed by atoms with Crippen LogP contribution < -0.4 is 10.4 Å². The third-order valence-electron chi connectivity index (χ3n) is 8.55. The standard InChI is InChI=1S/C39H38S2Si/c1-25-22-23-26(24-28(25)27-14-12-17-31-36(27)40-33-19-10-8-15-29(33)38(31,2)3)42(6,7)35-21-13-18-32-37(35)41-34-20-11-9-16-30(34)39(32,4)5/h8-24H,1-7H3/i1D3,2D3,3D3,4D3,5D3. The van der Waals surface area contributed by atoms with Crippen molar-refractivity contribution >= 4 is 42.0 Å². The molecule has 5 aromatic rings. The first kappa shape index (κ1) is 15.7. The predicted molar refractivity (Wildman–Crippen MR) is 185 cm³/mol. The molecule has 7 rings (SSSR count). The van der Waals surface area contributed by atoms with Gasteiger partial charge in [0.2, 0.25) is 0 Å². The summed E-state index contributed by atoms with van der Waals surface area (Å²) in [6, 6.07) is 28.2. The first-order chi connectivity index (χ1) is 26.2. The van der Waals surface area contributed by atoms with Crippen LogP contribution in [0.5, 0.6) is 0 Å². The predicted octanol–water partition coefficient (Wildman–Crippen LogP) is 10.1. The molecule has 0 bridgehead atoms. The molecule has 210 valence electrons. The van der Waals surface area contributed by atoms with Gasteiger partial charge in [-0.25, -0.2) is 0 Å². The fourth-order valence-corrected chi connectivity index (χ4v) is 12.1. The zero-order chi connectivity index (χ0) is 41.9. The highest BCUT2D eigenvalue weighted by Crippen LogP contribution is 2.52. The van der Waals surface area contributed by atoms with Gasteiger partial charge < -0.3 is 0 Å². The van der Waals surface area contributed by atoms with E-state index in [1.807, 2.05) is 19.2 Å². The summed E-state index contributed by atoms with van der Waals surface area (Å²) >= 11 is 2.53. The van der Waals surface area contributed by atoms with Gasteiger partial charge in [0.25, 0.3) is 0 Å². The molecule has 0 unspecified atom stereocenters. The van der Waals surface area contributed by atoms with Crippen LogP contribution in [0.2, 0.25) is 13.1 Å². The van der Waals surface area contributed by atoms with Gasteiger partial charge in [0.15, 0.2) is 0 Å². The number of benzene rings is 5. The number of hydrogen-bond acceptors (Lipinski definition) is 2. The lowest BCUT2D eigenvalue weighted by atomic mass is 9.76. The summed E-state index contributed by atoms with van der Waals surface area (Å²) in [4.78, 5) is 1.82. The third kappa shape index (κ3) is 4.12. The molecule has 2 aliphatic heterocycles. The van der Waals surface area contributed by atoms with Gasteiger partial charge in [-0.15, -0.1) is 0 Å². The van der Waals surface area contributed by atoms with E-state index in [-0.39, 0.29) is 33.4 Å². The van der Waals surface area contributed by atoms with Gasteiger partial charge in [-0.05, 0) is 63.1 Å². The summed E-state index contributed by atoms with van der Waals surface area (Å²) in [7, 11) is -3.02. The summed E-state index contributed by atoms with van der Waals surface area (Å²) in [6.07, 6.45) is 0. The molecule has 0 spiro atoms. The summed E-state index contributed by atoms with van der Waals surface area (Å²) in [6.45, 7) is -10.6. The maximum absolute atomic E-state index is 8.76. The topological polar surface area (TPSA) is 0 Å². The zero-order valence-corrected chi connectivity index (χ0v) is 25.8. The van der Waals surface area contributed by atoms with Crippen molar-refractivity contribution in [3.8, 4) is 11.1 Å². The quantitative estimate of drug-likeness (QED) is 0.186. The van der Waals surface area contributed by atoms with Crippen LogP contribution in [-0.2, 0) is 10.8 Å². The van der Waals surface area contributed by atoms with Gasteiger partial charge in [-0.3, -0.25) is 0 Å². The minimum atomic E-state index is -3.03. The van der Waals surface area contributed by atoms with Crippen molar-refractivity contribution in [2.75, 3.05) is 0 Å². The second kappa shape index (κ2) is 9.77. The molecule has 0 saturated heterocycles. The fraction of sp³-hybridized carbons (Fsp3) is 0.231. The fourth-order valence-electron chi connectivity index (χ4n) is 6.14. The number of aryl methyl sites for hydroxylation is 1. The van der Waals surface area contributed by atoms with Crippen LogP contribution in [0.1, 0.15) is 75.8 Å². The van der Waals surface area contributed by atoms with Gasteiger partial charge >= 0.3 is 0 Å². The van der Waals surface area contributed by atoms with Crippen LogP contribution >= 0.6 is 23.5 Å². The molecule has 0 aliphatic carbocycles. The monoisotopic (exact) mass is 613 g/mol. The summed E-state index contributed by atoms with van der Waals surface area (Å²) < 4.78 is 131. The molecule has 42 heavy (non-hydrogen) atoms. The largest absolute Gasteiger partial charge is 0.113 e. The van der Waals surface area contributed by atoms with E-state index in [4.69, 9.17) is 20.6 Å². The van der Waals surface area contributed by atoms with Crippen molar-refractivity contribution in [1.82, 2.24) is 0 Å². The van der Waals surface area contributed by atoms with Gasteiger partial charge in [-0.1, -0.05) is 160 Å². The zero-order valence-electron chi connectivity index (χ0n) is 38.1. The average molecular weight is 614 g/mol. The Morgan fingerprint density at radius 2 is 1.14 bits per heavy atom. The van der Waals surface area contributed by atoms with Crippen molar-refractivity contribution < 1.29 is 20.6 Å². The Balaban J connectivity index is 1.50. The Hall–Kier alpha value is -2.98. The Kier molecular flexibility index (Phi) is 3.64. The SMILES string of the molecule is [2H]C([2H])([2H])c1ccc([Si](C)(C)c2cccc3c2Sc2ccccc2C3(C([2H])([2H])[2H])C([2H])([2H])[2H])cc1-c1cccc2c1Sc1ccccc1C2(C([2H])([2H])[2H])C([2H])([2H])[2H]. The lowest BCUT2D eigenvalue weighted by molar-refractivity contribution is 0.608. The van der Waals surface area contributed by atoms with Gasteiger partial charge in [0.05, 0.1) is 0 Å². The number of fused-ring (bicyclic) bond motifs is 4. The Labute approximate surface area is 282 Å². The van der Waals surface area contributed by atoms with Crippen molar-refractivity contribution in [2.45, 2.75) is 77.8 Å². The molecule has 2 heterocycles. The summed E-state index contributed by atoms with van der Waals surface area (Å²) in [5.74, 6) is 0. The van der Waals surface area contributed by atoms with E-state index in [1.54, 1.807) is 78.9 Å². The van der Waals surface area contributed by atoms with E-state index in [2.05, 4.69) is 0 Å². The molecule has 0 saturated carbocycles. The van der Waals surface area contributed by atoms with E-state index in [1.165, 1.54) is 41.7 Å². The molecule has 0 N–H and O–H groups in total. The molecule has 0 radical (unpaired) electrons. The minimum absolute atomic E-state index is 0.0144. The normalized spacial score (nSPS) is 23.0. The van der Waals surface area contributed by atoms with Crippen LogP contribution in [-0.4, -0.2) is 8.07 Å². The first-order valence-electron chi connectivity index (χ1n) is 21.2. The van der Waals surface area contributed by atoms with Crippen molar-refractivity contribution in [3.05, 3.63) is 131 Å². The average Bonchev–Trinajstić information content (AvgIpc) is 3.09. The number of rotatable bonds is 3. The highest BCUT2D eigenvalue weighted by Gasteiger charge is 2.38. The lowest BCUT2D eigenvalue weighted by Crippen LogP contribution is -2.54. The second-order valence-electron chi connectivity index (χ2n) is 11.4. The Morgan fingerprint density at radius 3 is 1.79 bits per heavy atom. The molecule has 0 nitrogen and oxygen atoms in total. The highest BCUT2D eigenvalue weighted by atomic mass is 32.2.